The van der Waals surface area contributed by atoms with Crippen molar-refractivity contribution in [2.75, 3.05) is 0 Å². The van der Waals surface area contributed by atoms with Crippen molar-refractivity contribution in [3.63, 3.8) is 0 Å². The fourth-order valence-corrected chi connectivity index (χ4v) is 1.72. The van der Waals surface area contributed by atoms with Crippen LogP contribution in [0, 0.1) is 0 Å². The van der Waals surface area contributed by atoms with E-state index in [9.17, 15) is 0 Å². The summed E-state index contributed by atoms with van der Waals surface area (Å²) in [7, 11) is 0. The summed E-state index contributed by atoms with van der Waals surface area (Å²) in [5.41, 5.74) is 2.83. The highest BCUT2D eigenvalue weighted by Crippen LogP contribution is 2.18. The third kappa shape index (κ3) is 4.97. The fraction of sp³-hybridized carbons (Fsp3) is 0.222. The van der Waals surface area contributed by atoms with E-state index < -0.39 is 0 Å². The Morgan fingerprint density at radius 1 is 0.667 bits per heavy atom. The van der Waals surface area contributed by atoms with Crippen molar-refractivity contribution in [1.82, 2.24) is 16.1 Å². The lowest BCUT2D eigenvalue weighted by atomic mass is 10.2. The third-order valence-electron chi connectivity index (χ3n) is 2.53. The van der Waals surface area contributed by atoms with Crippen LogP contribution in [0.3, 0.4) is 0 Å². The molecule has 2 heterocycles. The molecule has 0 unspecified atom stereocenters. The molecule has 0 saturated heterocycles. The Labute approximate surface area is 127 Å². The molecule has 112 valence electrons. The highest BCUT2D eigenvalue weighted by molar-refractivity contribution is 5.80. The number of benzene rings is 1. The monoisotopic (exact) mass is 283 g/mol. The summed E-state index contributed by atoms with van der Waals surface area (Å²) in [5.74, 6) is 0. The molecule has 0 amide bonds. The lowest BCUT2D eigenvalue weighted by Crippen LogP contribution is -1.87. The lowest BCUT2D eigenvalue weighted by Gasteiger charge is -2.01. The summed E-state index contributed by atoms with van der Waals surface area (Å²) >= 11 is 0. The van der Waals surface area contributed by atoms with Gasteiger partial charge >= 0.3 is 0 Å². The first-order valence-corrected chi connectivity index (χ1v) is 7.21. The molecule has 0 saturated carbocycles. The first-order chi connectivity index (χ1) is 9.93. The van der Waals surface area contributed by atoms with E-state index in [0.29, 0.717) is 0 Å². The average Bonchev–Trinajstić information content (AvgIpc) is 2.59. The zero-order valence-electron chi connectivity index (χ0n) is 13.4. The van der Waals surface area contributed by atoms with E-state index in [2.05, 4.69) is 22.1 Å². The quantitative estimate of drug-likeness (QED) is 0.640. The van der Waals surface area contributed by atoms with Crippen LogP contribution in [0.25, 0.3) is 22.3 Å². The van der Waals surface area contributed by atoms with E-state index >= 15 is 0 Å². The zero-order valence-corrected chi connectivity index (χ0v) is 13.4. The number of pyridine rings is 2. The van der Waals surface area contributed by atoms with Crippen LogP contribution in [0.15, 0.2) is 60.8 Å². The molecule has 0 radical (unpaired) electrons. The lowest BCUT2D eigenvalue weighted by molar-refractivity contribution is 1.28. The maximum absolute atomic E-state index is 4.58. The van der Waals surface area contributed by atoms with Crippen LogP contribution in [-0.2, 0) is 0 Å². The molecule has 0 bridgehead atoms. The van der Waals surface area contributed by atoms with Gasteiger partial charge in [-0.3, -0.25) is 4.98 Å². The van der Waals surface area contributed by atoms with Gasteiger partial charge in [0.15, 0.2) is 0 Å². The fourth-order valence-electron chi connectivity index (χ4n) is 1.72. The molecule has 0 fully saturated rings. The van der Waals surface area contributed by atoms with Crippen molar-refractivity contribution in [3.05, 3.63) is 60.8 Å². The largest absolute Gasteiger partial charge is 0.344 e. The van der Waals surface area contributed by atoms with Gasteiger partial charge in [-0.25, -0.2) is 4.98 Å². The molecule has 0 aliphatic rings. The summed E-state index contributed by atoms with van der Waals surface area (Å²) < 4.78 is 0. The van der Waals surface area contributed by atoms with Gasteiger partial charge in [-0.2, -0.15) is 0 Å². The molecule has 3 N–H and O–H groups in total. The minimum Gasteiger partial charge on any atom is -0.344 e. The van der Waals surface area contributed by atoms with Gasteiger partial charge < -0.3 is 6.15 Å². The van der Waals surface area contributed by atoms with E-state index in [0.717, 1.165) is 22.3 Å². The maximum Gasteiger partial charge on any atom is 0.0893 e. The number of hydrogen-bond acceptors (Lipinski definition) is 3. The van der Waals surface area contributed by atoms with Crippen LogP contribution >= 0.6 is 0 Å². The Hall–Kier alpha value is -2.26. The molecule has 2 aromatic heterocycles. The van der Waals surface area contributed by atoms with E-state index in [1.807, 2.05) is 70.2 Å². The van der Waals surface area contributed by atoms with Gasteiger partial charge in [0.1, 0.15) is 0 Å². The highest BCUT2D eigenvalue weighted by atomic mass is 14.8. The SMILES string of the molecule is CC.CC.N.c1ccc(-c2ccc3ccccc3n2)nc1. The number of rotatable bonds is 1. The Morgan fingerprint density at radius 3 is 2.00 bits per heavy atom. The second kappa shape index (κ2) is 10.5. The van der Waals surface area contributed by atoms with Gasteiger partial charge in [0.2, 0.25) is 0 Å². The number of fused-ring (bicyclic) bond motifs is 1. The van der Waals surface area contributed by atoms with Crippen LogP contribution in [0.2, 0.25) is 0 Å². The zero-order chi connectivity index (χ0) is 14.8. The van der Waals surface area contributed by atoms with Crippen molar-refractivity contribution < 1.29 is 0 Å². The van der Waals surface area contributed by atoms with Crippen LogP contribution in [0.4, 0.5) is 0 Å². The summed E-state index contributed by atoms with van der Waals surface area (Å²) in [6.07, 6.45) is 1.78. The van der Waals surface area contributed by atoms with Crippen molar-refractivity contribution in [1.29, 1.82) is 0 Å². The van der Waals surface area contributed by atoms with Crippen LogP contribution in [-0.4, -0.2) is 9.97 Å². The van der Waals surface area contributed by atoms with Gasteiger partial charge in [-0.1, -0.05) is 58.0 Å². The first-order valence-electron chi connectivity index (χ1n) is 7.21. The molecule has 0 atom stereocenters. The van der Waals surface area contributed by atoms with Crippen molar-refractivity contribution >= 4 is 10.9 Å². The molecule has 21 heavy (non-hydrogen) atoms. The number of aromatic nitrogens is 2. The molecular formula is C18H25N3. The molecule has 3 heteroatoms. The molecule has 0 spiro atoms. The third-order valence-corrected chi connectivity index (χ3v) is 2.53. The van der Waals surface area contributed by atoms with Gasteiger partial charge in [0, 0.05) is 11.6 Å². The minimum atomic E-state index is 0. The van der Waals surface area contributed by atoms with Gasteiger partial charge in [-0.15, -0.1) is 0 Å². The summed E-state index contributed by atoms with van der Waals surface area (Å²) in [6.45, 7) is 8.00. The molecular weight excluding hydrogens is 258 g/mol. The summed E-state index contributed by atoms with van der Waals surface area (Å²) in [5, 5.41) is 1.15. The number of para-hydroxylation sites is 1. The Bertz CT molecular complexity index is 621. The average molecular weight is 283 g/mol. The second-order valence-electron chi connectivity index (χ2n) is 3.60. The smallest absolute Gasteiger partial charge is 0.0893 e. The second-order valence-corrected chi connectivity index (χ2v) is 3.60. The normalized spacial score (nSPS) is 8.57. The van der Waals surface area contributed by atoms with Crippen LogP contribution in [0.1, 0.15) is 27.7 Å². The van der Waals surface area contributed by atoms with Crippen molar-refractivity contribution in [3.8, 4) is 11.4 Å². The van der Waals surface area contributed by atoms with E-state index in [-0.39, 0.29) is 6.15 Å². The predicted octanol–water partition coefficient (Wildman–Crippen LogP) is 5.51. The van der Waals surface area contributed by atoms with E-state index in [1.54, 1.807) is 6.20 Å². The Balaban J connectivity index is 0.000000741. The minimum absolute atomic E-state index is 0. The molecule has 3 nitrogen and oxygen atoms in total. The van der Waals surface area contributed by atoms with Crippen LogP contribution in [0.5, 0.6) is 0 Å². The molecule has 0 aliphatic heterocycles. The first kappa shape index (κ1) is 18.7. The van der Waals surface area contributed by atoms with Gasteiger partial charge in [0.25, 0.3) is 0 Å². The maximum atomic E-state index is 4.58. The topological polar surface area (TPSA) is 60.8 Å². The highest BCUT2D eigenvalue weighted by Gasteiger charge is 2.00. The van der Waals surface area contributed by atoms with Crippen LogP contribution < -0.4 is 6.15 Å². The Kier molecular flexibility index (Phi) is 9.39. The van der Waals surface area contributed by atoms with Gasteiger partial charge in [-0.05, 0) is 24.3 Å². The van der Waals surface area contributed by atoms with Crippen molar-refractivity contribution in [2.24, 2.45) is 0 Å². The van der Waals surface area contributed by atoms with Crippen molar-refractivity contribution in [2.45, 2.75) is 27.7 Å². The van der Waals surface area contributed by atoms with Gasteiger partial charge in [0.05, 0.1) is 16.9 Å². The number of hydrogen-bond donors (Lipinski definition) is 1. The summed E-state index contributed by atoms with van der Waals surface area (Å²) in [6, 6.07) is 18.0. The standard InChI is InChI=1S/C14H10N2.2C2H6.H3N/c1-2-6-12-11(5-1)8-9-14(16-12)13-7-3-4-10-15-13;2*1-2;/h1-10H;2*1-2H3;1H3. The van der Waals surface area contributed by atoms with E-state index in [1.165, 1.54) is 0 Å². The van der Waals surface area contributed by atoms with E-state index in [4.69, 9.17) is 0 Å². The Morgan fingerprint density at radius 2 is 1.33 bits per heavy atom. The molecule has 3 rings (SSSR count). The molecule has 3 aromatic rings. The summed E-state index contributed by atoms with van der Waals surface area (Å²) in [4.78, 5) is 8.88. The molecule has 0 aliphatic carbocycles. The predicted molar refractivity (Wildman–Crippen MR) is 92.7 cm³/mol. The molecule has 1 aromatic carbocycles. The number of nitrogens with zero attached hydrogens (tertiary/aromatic N) is 2.